The Hall–Kier alpha value is -4.24. The molecule has 35 heavy (non-hydrogen) atoms. The number of rotatable bonds is 8. The summed E-state index contributed by atoms with van der Waals surface area (Å²) in [5.41, 5.74) is 3.71. The molecule has 0 amide bonds. The molecule has 2 aromatic carbocycles. The van der Waals surface area contributed by atoms with Crippen molar-refractivity contribution in [1.29, 1.82) is 0 Å². The molecule has 178 valence electrons. The molecule has 5 rings (SSSR count). The molecule has 9 nitrogen and oxygen atoms in total. The van der Waals surface area contributed by atoms with Gasteiger partial charge in [0.15, 0.2) is 5.82 Å². The summed E-state index contributed by atoms with van der Waals surface area (Å²) in [6.07, 6.45) is 2.42. The van der Waals surface area contributed by atoms with Gasteiger partial charge in [-0.3, -0.25) is 0 Å². The van der Waals surface area contributed by atoms with Crippen LogP contribution in [-0.4, -0.2) is 39.8 Å². The van der Waals surface area contributed by atoms with Gasteiger partial charge in [-0.1, -0.05) is 12.1 Å². The number of esters is 1. The lowest BCUT2D eigenvalue weighted by molar-refractivity contribution is 0.0526. The number of nitrogens with one attached hydrogen (secondary N) is 1. The number of pyridine rings is 1. The summed E-state index contributed by atoms with van der Waals surface area (Å²) >= 11 is 0. The van der Waals surface area contributed by atoms with Crippen LogP contribution in [0.15, 0.2) is 53.2 Å². The summed E-state index contributed by atoms with van der Waals surface area (Å²) in [7, 11) is 1.64. The normalized spacial score (nSPS) is 11.3. The average molecular weight is 473 g/mol. The molecule has 0 fully saturated rings. The number of H-pyrrole nitrogens is 1. The summed E-state index contributed by atoms with van der Waals surface area (Å²) in [5, 5.41) is 5.91. The molecular formula is C26H24N4O5. The molecule has 9 heteroatoms. The number of aromatic nitrogens is 4. The molecule has 3 aromatic heterocycles. The Morgan fingerprint density at radius 2 is 1.86 bits per heavy atom. The van der Waals surface area contributed by atoms with Gasteiger partial charge < -0.3 is 23.7 Å². The van der Waals surface area contributed by atoms with E-state index in [4.69, 9.17) is 18.7 Å². The van der Waals surface area contributed by atoms with E-state index in [0.717, 1.165) is 27.4 Å². The van der Waals surface area contributed by atoms with E-state index in [9.17, 15) is 4.79 Å². The topological polar surface area (TPSA) is 112 Å². The minimum Gasteiger partial charge on any atom is -0.462 e. The lowest BCUT2D eigenvalue weighted by Gasteiger charge is -2.09. The second-order valence-electron chi connectivity index (χ2n) is 7.86. The van der Waals surface area contributed by atoms with Gasteiger partial charge in [-0.05, 0) is 49.4 Å². The van der Waals surface area contributed by atoms with Crippen molar-refractivity contribution < 1.29 is 23.5 Å². The molecule has 0 radical (unpaired) electrons. The van der Waals surface area contributed by atoms with Crippen LogP contribution in [0.1, 0.15) is 35.6 Å². The fourth-order valence-electron chi connectivity index (χ4n) is 3.98. The van der Waals surface area contributed by atoms with Crippen LogP contribution in [0.2, 0.25) is 0 Å². The Kier molecular flexibility index (Phi) is 6.15. The molecule has 0 unspecified atom stereocenters. The van der Waals surface area contributed by atoms with Gasteiger partial charge in [0.2, 0.25) is 0 Å². The van der Waals surface area contributed by atoms with Gasteiger partial charge in [-0.2, -0.15) is 4.98 Å². The first-order valence-corrected chi connectivity index (χ1v) is 11.3. The van der Waals surface area contributed by atoms with Crippen molar-refractivity contribution in [1.82, 2.24) is 20.1 Å². The van der Waals surface area contributed by atoms with Gasteiger partial charge >= 0.3 is 5.97 Å². The summed E-state index contributed by atoms with van der Waals surface area (Å²) in [5.74, 6) is 1.87. The number of methoxy groups -OCH3 is 1. The third-order valence-electron chi connectivity index (χ3n) is 5.59. The predicted octanol–water partition coefficient (Wildman–Crippen LogP) is 5.44. The standard InChI is InChI=1S/C26H24N4O5/c1-4-22-29-25(35-30-22)24-19(14-32-3)23-18-12-17(10-11-20(18)28-21(23)13-27-24)34-16-8-6-15(7-9-16)26(31)33-5-2/h6-13,28H,4-5,14H2,1-3H3. The highest BCUT2D eigenvalue weighted by atomic mass is 16.5. The Morgan fingerprint density at radius 3 is 2.57 bits per heavy atom. The number of benzene rings is 2. The maximum absolute atomic E-state index is 11.9. The second-order valence-corrected chi connectivity index (χ2v) is 7.86. The Bertz CT molecular complexity index is 1500. The summed E-state index contributed by atoms with van der Waals surface area (Å²) in [4.78, 5) is 24.3. The van der Waals surface area contributed by atoms with Crippen LogP contribution < -0.4 is 4.74 Å². The van der Waals surface area contributed by atoms with E-state index >= 15 is 0 Å². The molecule has 0 bridgehead atoms. The lowest BCUT2D eigenvalue weighted by atomic mass is 10.1. The SMILES string of the molecule is CCOC(=O)c1ccc(Oc2ccc3[nH]c4cnc(-c5nc(CC)no5)c(COC)c4c3c2)cc1. The van der Waals surface area contributed by atoms with E-state index in [1.54, 1.807) is 44.5 Å². The Labute approximate surface area is 201 Å². The minimum atomic E-state index is -0.360. The number of nitrogens with zero attached hydrogens (tertiary/aromatic N) is 3. The van der Waals surface area contributed by atoms with Crippen molar-refractivity contribution in [2.75, 3.05) is 13.7 Å². The molecule has 0 spiro atoms. The van der Waals surface area contributed by atoms with Crippen molar-refractivity contribution in [3.8, 4) is 23.1 Å². The van der Waals surface area contributed by atoms with Crippen molar-refractivity contribution in [3.05, 3.63) is 65.6 Å². The lowest BCUT2D eigenvalue weighted by Crippen LogP contribution is -2.03. The summed E-state index contributed by atoms with van der Waals surface area (Å²) < 4.78 is 22.1. The first-order chi connectivity index (χ1) is 17.1. The van der Waals surface area contributed by atoms with Gasteiger partial charge in [-0.25, -0.2) is 9.78 Å². The van der Waals surface area contributed by atoms with E-state index < -0.39 is 0 Å². The third-order valence-corrected chi connectivity index (χ3v) is 5.59. The van der Waals surface area contributed by atoms with Crippen molar-refractivity contribution in [3.63, 3.8) is 0 Å². The molecule has 1 N–H and O–H groups in total. The average Bonchev–Trinajstić information content (AvgIpc) is 3.49. The van der Waals surface area contributed by atoms with Crippen LogP contribution in [0, 0.1) is 0 Å². The molecule has 0 saturated carbocycles. The van der Waals surface area contributed by atoms with Crippen LogP contribution in [0.5, 0.6) is 11.5 Å². The highest BCUT2D eigenvalue weighted by Gasteiger charge is 2.20. The number of aryl methyl sites for hydroxylation is 1. The first-order valence-electron chi connectivity index (χ1n) is 11.3. The van der Waals surface area contributed by atoms with Crippen LogP contribution in [0.3, 0.4) is 0 Å². The van der Waals surface area contributed by atoms with E-state index in [-0.39, 0.29) is 5.97 Å². The zero-order valence-corrected chi connectivity index (χ0v) is 19.6. The monoisotopic (exact) mass is 472 g/mol. The minimum absolute atomic E-state index is 0.316. The van der Waals surface area contributed by atoms with Crippen LogP contribution in [-0.2, 0) is 22.5 Å². The van der Waals surface area contributed by atoms with Gasteiger partial charge in [0.1, 0.15) is 17.2 Å². The summed E-state index contributed by atoms with van der Waals surface area (Å²) in [6.45, 7) is 4.39. The molecule has 0 saturated heterocycles. The van der Waals surface area contributed by atoms with Crippen molar-refractivity contribution >= 4 is 27.8 Å². The Morgan fingerprint density at radius 1 is 1.06 bits per heavy atom. The zero-order chi connectivity index (χ0) is 24.4. The van der Waals surface area contributed by atoms with Gasteiger partial charge in [0.05, 0.1) is 30.5 Å². The van der Waals surface area contributed by atoms with Gasteiger partial charge in [0.25, 0.3) is 5.89 Å². The molecule has 3 heterocycles. The number of aromatic amines is 1. The highest BCUT2D eigenvalue weighted by molar-refractivity contribution is 6.10. The molecule has 0 aliphatic rings. The molecule has 5 aromatic rings. The number of fused-ring (bicyclic) bond motifs is 3. The zero-order valence-electron chi connectivity index (χ0n) is 19.6. The second kappa shape index (κ2) is 9.55. The van der Waals surface area contributed by atoms with Gasteiger partial charge in [0, 0.05) is 35.4 Å². The van der Waals surface area contributed by atoms with Crippen molar-refractivity contribution in [2.45, 2.75) is 26.9 Å². The molecular weight excluding hydrogens is 448 g/mol. The van der Waals surface area contributed by atoms with Crippen LogP contribution in [0.25, 0.3) is 33.4 Å². The van der Waals surface area contributed by atoms with E-state index in [1.807, 2.05) is 25.1 Å². The number of hydrogen-bond donors (Lipinski definition) is 1. The highest BCUT2D eigenvalue weighted by Crippen LogP contribution is 2.36. The number of hydrogen-bond acceptors (Lipinski definition) is 8. The summed E-state index contributed by atoms with van der Waals surface area (Å²) in [6, 6.07) is 12.6. The van der Waals surface area contributed by atoms with E-state index in [1.165, 1.54) is 0 Å². The van der Waals surface area contributed by atoms with Crippen LogP contribution in [0.4, 0.5) is 0 Å². The number of carbonyl (C=O) groups excluding carboxylic acids is 1. The molecule has 0 atom stereocenters. The molecule has 0 aliphatic carbocycles. The Balaban J connectivity index is 1.55. The maximum Gasteiger partial charge on any atom is 0.338 e. The molecule has 0 aliphatic heterocycles. The van der Waals surface area contributed by atoms with Crippen molar-refractivity contribution in [2.24, 2.45) is 0 Å². The van der Waals surface area contributed by atoms with E-state index in [2.05, 4.69) is 20.1 Å². The quantitative estimate of drug-likeness (QED) is 0.297. The smallest absolute Gasteiger partial charge is 0.338 e. The third kappa shape index (κ3) is 4.33. The first kappa shape index (κ1) is 22.5. The predicted molar refractivity (Wildman–Crippen MR) is 129 cm³/mol. The van der Waals surface area contributed by atoms with Gasteiger partial charge in [-0.15, -0.1) is 0 Å². The largest absolute Gasteiger partial charge is 0.462 e. The fraction of sp³-hybridized carbons (Fsp3) is 0.231. The van der Waals surface area contributed by atoms with E-state index in [0.29, 0.717) is 54.1 Å². The van der Waals surface area contributed by atoms with Crippen LogP contribution >= 0.6 is 0 Å². The fourth-order valence-corrected chi connectivity index (χ4v) is 3.98. The number of ether oxygens (including phenoxy) is 3. The number of carbonyl (C=O) groups is 1. The maximum atomic E-state index is 11.9.